The molecule has 3 rings (SSSR count). The Kier molecular flexibility index (Phi) is 3.63. The van der Waals surface area contributed by atoms with Crippen LogP contribution in [0.4, 0.5) is 0 Å². The number of benzene rings is 1. The Hall–Kier alpha value is -1.59. The number of aromatic amines is 1. The van der Waals surface area contributed by atoms with Gasteiger partial charge in [0.1, 0.15) is 5.52 Å². The van der Waals surface area contributed by atoms with E-state index in [2.05, 4.69) is 28.5 Å². The predicted molar refractivity (Wildman–Crippen MR) is 88.6 cm³/mol. The molecule has 21 heavy (non-hydrogen) atoms. The number of imidazole rings is 1. The molecule has 2 aromatic heterocycles. The number of fused-ring (bicyclic) bond motifs is 1. The van der Waals surface area contributed by atoms with E-state index in [9.17, 15) is 0 Å². The number of nitrogens with one attached hydrogen (secondary N) is 1. The van der Waals surface area contributed by atoms with Gasteiger partial charge in [-0.15, -0.1) is 0 Å². The smallest absolute Gasteiger partial charge is 0.179 e. The topological polar surface area (TPSA) is 38.5 Å². The number of H-pyrrole nitrogens is 1. The summed E-state index contributed by atoms with van der Waals surface area (Å²) in [5.41, 5.74) is 4.20. The van der Waals surface area contributed by atoms with Gasteiger partial charge in [0.25, 0.3) is 0 Å². The number of nitrogens with zero attached hydrogens (tertiary/aromatic N) is 3. The van der Waals surface area contributed by atoms with Crippen LogP contribution in [0.25, 0.3) is 11.2 Å². The average molecular weight is 321 g/mol. The van der Waals surface area contributed by atoms with E-state index in [1.54, 1.807) is 0 Å². The normalized spacial score (nSPS) is 13.0. The molecule has 3 aromatic rings. The van der Waals surface area contributed by atoms with Crippen molar-refractivity contribution in [1.29, 1.82) is 0 Å². The minimum absolute atomic E-state index is 0.116. The van der Waals surface area contributed by atoms with Crippen LogP contribution in [0.3, 0.4) is 0 Å². The van der Waals surface area contributed by atoms with Gasteiger partial charge in [-0.25, -0.2) is 4.68 Å². The second kappa shape index (κ2) is 5.31. The lowest BCUT2D eigenvalue weighted by molar-refractivity contribution is 0.596. The maximum atomic E-state index is 5.97. The first-order valence-corrected chi connectivity index (χ1v) is 7.74. The van der Waals surface area contributed by atoms with Crippen molar-refractivity contribution in [1.82, 2.24) is 19.3 Å². The van der Waals surface area contributed by atoms with E-state index in [0.29, 0.717) is 0 Å². The standard InChI is InChI=1S/C15H17ClN4S/c1-4-19-14-13(9(2)18-19)17-15(21)20(14)10(3)11-5-7-12(16)8-6-11/h5-8,10H,4H2,1-3H3,(H,17,21). The van der Waals surface area contributed by atoms with Crippen molar-refractivity contribution in [2.75, 3.05) is 0 Å². The van der Waals surface area contributed by atoms with E-state index >= 15 is 0 Å². The molecule has 1 unspecified atom stereocenters. The predicted octanol–water partition coefficient (Wildman–Crippen LogP) is 4.49. The fourth-order valence-corrected chi connectivity index (χ4v) is 3.17. The molecule has 6 heteroatoms. The quantitative estimate of drug-likeness (QED) is 0.722. The molecule has 110 valence electrons. The molecule has 0 bridgehead atoms. The molecule has 2 heterocycles. The maximum Gasteiger partial charge on any atom is 0.179 e. The lowest BCUT2D eigenvalue weighted by atomic mass is 10.1. The molecule has 1 atom stereocenters. The third kappa shape index (κ3) is 2.30. The zero-order valence-corrected chi connectivity index (χ0v) is 13.8. The molecule has 0 saturated carbocycles. The van der Waals surface area contributed by atoms with Gasteiger partial charge in [0, 0.05) is 11.6 Å². The van der Waals surface area contributed by atoms with E-state index < -0.39 is 0 Å². The van der Waals surface area contributed by atoms with Crippen molar-refractivity contribution in [3.8, 4) is 0 Å². The first-order valence-electron chi connectivity index (χ1n) is 6.96. The molecule has 0 aliphatic heterocycles. The molecule has 0 fully saturated rings. The Morgan fingerprint density at radius 1 is 1.33 bits per heavy atom. The highest BCUT2D eigenvalue weighted by atomic mass is 35.5. The second-order valence-corrected chi connectivity index (χ2v) is 5.95. The highest BCUT2D eigenvalue weighted by molar-refractivity contribution is 7.71. The van der Waals surface area contributed by atoms with Crippen molar-refractivity contribution in [2.45, 2.75) is 33.4 Å². The van der Waals surface area contributed by atoms with Crippen LogP contribution in [-0.2, 0) is 6.54 Å². The minimum atomic E-state index is 0.116. The van der Waals surface area contributed by atoms with Crippen LogP contribution in [0.2, 0.25) is 5.02 Å². The van der Waals surface area contributed by atoms with Gasteiger partial charge in [-0.1, -0.05) is 23.7 Å². The largest absolute Gasteiger partial charge is 0.328 e. The highest BCUT2D eigenvalue weighted by Gasteiger charge is 2.18. The van der Waals surface area contributed by atoms with Crippen LogP contribution in [-0.4, -0.2) is 19.3 Å². The lowest BCUT2D eigenvalue weighted by Crippen LogP contribution is -2.10. The van der Waals surface area contributed by atoms with Gasteiger partial charge >= 0.3 is 0 Å². The molecule has 1 N–H and O–H groups in total. The fourth-order valence-electron chi connectivity index (χ4n) is 2.69. The highest BCUT2D eigenvalue weighted by Crippen LogP contribution is 2.26. The van der Waals surface area contributed by atoms with Gasteiger partial charge in [0.15, 0.2) is 10.4 Å². The Bertz CT molecular complexity index is 841. The molecule has 0 aliphatic rings. The summed E-state index contributed by atoms with van der Waals surface area (Å²) in [4.78, 5) is 3.28. The Labute approximate surface area is 133 Å². The third-order valence-corrected chi connectivity index (χ3v) is 4.37. The van der Waals surface area contributed by atoms with E-state index in [1.165, 1.54) is 0 Å². The summed E-state index contributed by atoms with van der Waals surface area (Å²) in [5, 5.41) is 5.30. The fraction of sp³-hybridized carbons (Fsp3) is 0.333. The van der Waals surface area contributed by atoms with Crippen molar-refractivity contribution < 1.29 is 0 Å². The first-order chi connectivity index (χ1) is 10.0. The van der Waals surface area contributed by atoms with E-state index in [1.807, 2.05) is 35.9 Å². The molecule has 4 nitrogen and oxygen atoms in total. The number of aryl methyl sites for hydroxylation is 2. The summed E-state index contributed by atoms with van der Waals surface area (Å²) in [6.45, 7) is 7.02. The summed E-state index contributed by atoms with van der Waals surface area (Å²) in [7, 11) is 0. The summed E-state index contributed by atoms with van der Waals surface area (Å²) in [5.74, 6) is 0. The zero-order valence-electron chi connectivity index (χ0n) is 12.2. The van der Waals surface area contributed by atoms with Gasteiger partial charge < -0.3 is 4.98 Å². The summed E-state index contributed by atoms with van der Waals surface area (Å²) < 4.78 is 4.83. The van der Waals surface area contributed by atoms with Crippen LogP contribution in [0, 0.1) is 11.7 Å². The monoisotopic (exact) mass is 320 g/mol. The number of hydrogen-bond acceptors (Lipinski definition) is 2. The molecule has 0 amide bonds. The molecular formula is C15H17ClN4S. The number of rotatable bonds is 3. The van der Waals surface area contributed by atoms with Crippen LogP contribution in [0.1, 0.15) is 31.1 Å². The van der Waals surface area contributed by atoms with E-state index in [-0.39, 0.29) is 6.04 Å². The number of aromatic nitrogens is 4. The first kappa shape index (κ1) is 14.4. The van der Waals surface area contributed by atoms with Crippen LogP contribution >= 0.6 is 23.8 Å². The van der Waals surface area contributed by atoms with Crippen LogP contribution < -0.4 is 0 Å². The van der Waals surface area contributed by atoms with Gasteiger partial charge in [-0.05, 0) is 50.7 Å². The minimum Gasteiger partial charge on any atom is -0.328 e. The molecule has 0 saturated heterocycles. The molecule has 0 aliphatic carbocycles. The van der Waals surface area contributed by atoms with Crippen molar-refractivity contribution in [3.05, 3.63) is 45.3 Å². The molecule has 0 radical (unpaired) electrons. The van der Waals surface area contributed by atoms with E-state index in [0.717, 1.165) is 38.8 Å². The Morgan fingerprint density at radius 2 is 2.00 bits per heavy atom. The van der Waals surface area contributed by atoms with Crippen molar-refractivity contribution >= 4 is 35.0 Å². The van der Waals surface area contributed by atoms with Crippen molar-refractivity contribution in [3.63, 3.8) is 0 Å². The van der Waals surface area contributed by atoms with Crippen LogP contribution in [0.15, 0.2) is 24.3 Å². The summed E-state index contributed by atoms with van der Waals surface area (Å²) in [6, 6.07) is 8.00. The zero-order chi connectivity index (χ0) is 15.1. The molecular weight excluding hydrogens is 304 g/mol. The maximum absolute atomic E-state index is 5.97. The number of hydrogen-bond donors (Lipinski definition) is 1. The van der Waals surface area contributed by atoms with Gasteiger partial charge in [-0.2, -0.15) is 5.10 Å². The molecule has 1 aromatic carbocycles. The molecule has 0 spiro atoms. The Morgan fingerprint density at radius 3 is 2.62 bits per heavy atom. The third-order valence-electron chi connectivity index (χ3n) is 3.82. The second-order valence-electron chi connectivity index (χ2n) is 5.13. The Balaban J connectivity index is 2.21. The van der Waals surface area contributed by atoms with Crippen molar-refractivity contribution in [2.24, 2.45) is 0 Å². The number of halogens is 1. The summed E-state index contributed by atoms with van der Waals surface area (Å²) in [6.07, 6.45) is 0. The average Bonchev–Trinajstić information content (AvgIpc) is 2.96. The SMILES string of the molecule is CCn1nc(C)c2[nH]c(=S)n(C(C)c3ccc(Cl)cc3)c21. The lowest BCUT2D eigenvalue weighted by Gasteiger charge is -2.15. The van der Waals surface area contributed by atoms with Gasteiger partial charge in [0.2, 0.25) is 0 Å². The van der Waals surface area contributed by atoms with Gasteiger partial charge in [-0.3, -0.25) is 4.57 Å². The van der Waals surface area contributed by atoms with E-state index in [4.69, 9.17) is 23.8 Å². The van der Waals surface area contributed by atoms with Gasteiger partial charge in [0.05, 0.1) is 11.7 Å². The van der Waals surface area contributed by atoms with Crippen LogP contribution in [0.5, 0.6) is 0 Å². The summed E-state index contributed by atoms with van der Waals surface area (Å²) >= 11 is 11.5.